The zero-order chi connectivity index (χ0) is 9.99. The number of nitrogens with two attached hydrogens (primary N) is 1. The van der Waals surface area contributed by atoms with Crippen molar-refractivity contribution in [2.75, 3.05) is 0 Å². The highest BCUT2D eigenvalue weighted by Crippen LogP contribution is 2.27. The lowest BCUT2D eigenvalue weighted by Crippen LogP contribution is -2.54. The van der Waals surface area contributed by atoms with E-state index in [1.165, 1.54) is 0 Å². The van der Waals surface area contributed by atoms with Crippen molar-refractivity contribution in [1.29, 1.82) is 5.26 Å². The van der Waals surface area contributed by atoms with Crippen LogP contribution in [0.2, 0.25) is 0 Å². The average Bonchev–Trinajstić information content (AvgIpc) is 1.85. The van der Waals surface area contributed by atoms with Crippen LogP contribution >= 0.6 is 0 Å². The van der Waals surface area contributed by atoms with Crippen molar-refractivity contribution in [2.24, 2.45) is 11.1 Å². The lowest BCUT2D eigenvalue weighted by molar-refractivity contribution is -0.130. The van der Waals surface area contributed by atoms with Crippen molar-refractivity contribution in [3.8, 4) is 6.19 Å². The number of rotatable bonds is 2. The van der Waals surface area contributed by atoms with Gasteiger partial charge in [0.05, 0.1) is 5.41 Å². The second-order valence-corrected chi connectivity index (χ2v) is 3.91. The summed E-state index contributed by atoms with van der Waals surface area (Å²) in [5.74, 6) is -0.350. The third kappa shape index (κ3) is 1.95. The fourth-order valence-electron chi connectivity index (χ4n) is 0.500. The van der Waals surface area contributed by atoms with Gasteiger partial charge in [-0.2, -0.15) is 5.26 Å². The molecule has 12 heavy (non-hydrogen) atoms. The van der Waals surface area contributed by atoms with Crippen LogP contribution in [0.15, 0.2) is 0 Å². The first-order valence-corrected chi connectivity index (χ1v) is 3.72. The lowest BCUT2D eigenvalue weighted by atomic mass is 9.74. The number of nitriles is 1. The van der Waals surface area contributed by atoms with E-state index in [-0.39, 0.29) is 5.91 Å². The Bertz CT molecular complexity index is 219. The van der Waals surface area contributed by atoms with Gasteiger partial charge < -0.3 is 5.73 Å². The van der Waals surface area contributed by atoms with Crippen LogP contribution in [-0.4, -0.2) is 11.4 Å². The van der Waals surface area contributed by atoms with Gasteiger partial charge >= 0.3 is 0 Å². The zero-order valence-corrected chi connectivity index (χ0v) is 7.93. The summed E-state index contributed by atoms with van der Waals surface area (Å²) in [7, 11) is 0. The Morgan fingerprint density at radius 2 is 1.83 bits per heavy atom. The predicted octanol–water partition coefficient (Wildman–Crippen LogP) is 0.347. The molecule has 0 aromatic carbocycles. The van der Waals surface area contributed by atoms with E-state index in [1.54, 1.807) is 33.9 Å². The highest BCUT2D eigenvalue weighted by Gasteiger charge is 2.40. The van der Waals surface area contributed by atoms with Gasteiger partial charge in [0.2, 0.25) is 5.91 Å². The number of hydrogen-bond donors (Lipinski definition) is 2. The standard InChI is InChI=1S/C8H15N3O/c1-7(2,8(3,4)10)6(12)11-5-9/h10H2,1-4H3,(H,11,12). The second-order valence-electron chi connectivity index (χ2n) is 3.91. The van der Waals surface area contributed by atoms with Crippen molar-refractivity contribution in [3.63, 3.8) is 0 Å². The molecular weight excluding hydrogens is 154 g/mol. The van der Waals surface area contributed by atoms with Crippen LogP contribution in [0.3, 0.4) is 0 Å². The summed E-state index contributed by atoms with van der Waals surface area (Å²) in [6, 6.07) is 0. The molecule has 0 fully saturated rings. The van der Waals surface area contributed by atoms with Crippen molar-refractivity contribution in [3.05, 3.63) is 0 Å². The Kier molecular flexibility index (Phi) is 2.83. The van der Waals surface area contributed by atoms with Gasteiger partial charge in [-0.1, -0.05) is 0 Å². The summed E-state index contributed by atoms with van der Waals surface area (Å²) in [5.41, 5.74) is 4.38. The predicted molar refractivity (Wildman–Crippen MR) is 45.8 cm³/mol. The largest absolute Gasteiger partial charge is 0.325 e. The highest BCUT2D eigenvalue weighted by atomic mass is 16.2. The molecule has 0 saturated heterocycles. The maximum atomic E-state index is 11.3. The molecule has 1 amide bonds. The topological polar surface area (TPSA) is 78.9 Å². The van der Waals surface area contributed by atoms with Crippen LogP contribution in [0.25, 0.3) is 0 Å². The van der Waals surface area contributed by atoms with Gasteiger partial charge in [-0.05, 0) is 27.7 Å². The summed E-state index contributed by atoms with van der Waals surface area (Å²) >= 11 is 0. The van der Waals surface area contributed by atoms with E-state index in [9.17, 15) is 4.79 Å². The van der Waals surface area contributed by atoms with Gasteiger partial charge in [0.15, 0.2) is 6.19 Å². The van der Waals surface area contributed by atoms with Crippen molar-refractivity contribution >= 4 is 5.91 Å². The van der Waals surface area contributed by atoms with Gasteiger partial charge in [0.25, 0.3) is 0 Å². The van der Waals surface area contributed by atoms with Gasteiger partial charge in [0, 0.05) is 5.54 Å². The molecule has 68 valence electrons. The summed E-state index contributed by atoms with van der Waals surface area (Å²) in [4.78, 5) is 11.3. The first-order valence-electron chi connectivity index (χ1n) is 3.72. The first-order chi connectivity index (χ1) is 5.23. The molecule has 0 aliphatic carbocycles. The van der Waals surface area contributed by atoms with E-state index in [1.807, 2.05) is 0 Å². The maximum absolute atomic E-state index is 11.3. The number of carbonyl (C=O) groups is 1. The minimum absolute atomic E-state index is 0.350. The minimum atomic E-state index is -0.747. The Labute approximate surface area is 72.7 Å². The number of carbonyl (C=O) groups excluding carboxylic acids is 1. The van der Waals surface area contributed by atoms with Crippen LogP contribution in [0.5, 0.6) is 0 Å². The number of hydrogen-bond acceptors (Lipinski definition) is 3. The van der Waals surface area contributed by atoms with Gasteiger partial charge in [-0.25, -0.2) is 0 Å². The normalized spacial score (nSPS) is 12.0. The SMILES string of the molecule is CC(C)(N)C(C)(C)C(=O)NC#N. The maximum Gasteiger partial charge on any atom is 0.240 e. The monoisotopic (exact) mass is 169 g/mol. The Morgan fingerprint density at radius 3 is 2.08 bits per heavy atom. The summed E-state index contributed by atoms with van der Waals surface area (Å²) < 4.78 is 0. The van der Waals surface area contributed by atoms with Crippen LogP contribution in [0.1, 0.15) is 27.7 Å². The molecule has 4 heteroatoms. The van der Waals surface area contributed by atoms with Crippen LogP contribution in [0.4, 0.5) is 0 Å². The van der Waals surface area contributed by atoms with Gasteiger partial charge in [-0.15, -0.1) is 0 Å². The van der Waals surface area contributed by atoms with E-state index in [2.05, 4.69) is 5.32 Å². The lowest BCUT2D eigenvalue weighted by Gasteiger charge is -2.35. The van der Waals surface area contributed by atoms with Crippen LogP contribution < -0.4 is 11.1 Å². The van der Waals surface area contributed by atoms with Crippen molar-refractivity contribution in [1.82, 2.24) is 5.32 Å². The Balaban J connectivity index is 4.64. The average molecular weight is 169 g/mol. The molecule has 0 radical (unpaired) electrons. The van der Waals surface area contributed by atoms with Crippen molar-refractivity contribution in [2.45, 2.75) is 33.2 Å². The molecule has 0 aliphatic rings. The quantitative estimate of drug-likeness (QED) is 0.462. The smallest absolute Gasteiger partial charge is 0.240 e. The van der Waals surface area contributed by atoms with E-state index in [0.29, 0.717) is 0 Å². The molecule has 0 unspecified atom stereocenters. The second kappa shape index (κ2) is 3.11. The minimum Gasteiger partial charge on any atom is -0.325 e. The summed E-state index contributed by atoms with van der Waals surface area (Å²) in [6.07, 6.45) is 1.59. The molecule has 0 heterocycles. The molecule has 0 saturated carbocycles. The van der Waals surface area contributed by atoms with E-state index < -0.39 is 11.0 Å². The highest BCUT2D eigenvalue weighted by molar-refractivity contribution is 5.84. The summed E-state index contributed by atoms with van der Waals surface area (Å²) in [6.45, 7) is 6.92. The Hall–Kier alpha value is -1.08. The third-order valence-electron chi connectivity index (χ3n) is 2.35. The number of amides is 1. The number of nitrogens with one attached hydrogen (secondary N) is 1. The van der Waals surface area contributed by atoms with Gasteiger partial charge in [0.1, 0.15) is 0 Å². The fraction of sp³-hybridized carbons (Fsp3) is 0.750. The molecule has 0 aliphatic heterocycles. The molecule has 0 rings (SSSR count). The zero-order valence-electron chi connectivity index (χ0n) is 7.93. The molecule has 0 bridgehead atoms. The molecular formula is C8H15N3O. The Morgan fingerprint density at radius 1 is 1.42 bits per heavy atom. The van der Waals surface area contributed by atoms with Crippen molar-refractivity contribution < 1.29 is 4.79 Å². The van der Waals surface area contributed by atoms with Crippen LogP contribution in [-0.2, 0) is 4.79 Å². The molecule has 0 aromatic rings. The summed E-state index contributed by atoms with van der Waals surface area (Å²) in [5, 5.41) is 10.3. The van der Waals surface area contributed by atoms with E-state index >= 15 is 0 Å². The molecule has 0 spiro atoms. The third-order valence-corrected chi connectivity index (χ3v) is 2.35. The van der Waals surface area contributed by atoms with E-state index in [4.69, 9.17) is 11.0 Å². The number of nitrogens with zero attached hydrogens (tertiary/aromatic N) is 1. The van der Waals surface area contributed by atoms with E-state index in [0.717, 1.165) is 0 Å². The molecule has 3 N–H and O–H groups in total. The van der Waals surface area contributed by atoms with Crippen LogP contribution in [0, 0.1) is 16.9 Å². The van der Waals surface area contributed by atoms with Gasteiger partial charge in [-0.3, -0.25) is 10.1 Å². The molecule has 0 atom stereocenters. The molecule has 4 nitrogen and oxygen atoms in total. The first kappa shape index (κ1) is 10.9. The fourth-order valence-corrected chi connectivity index (χ4v) is 0.500. The molecule has 0 aromatic heterocycles.